The third-order valence-electron chi connectivity index (χ3n) is 4.19. The average Bonchev–Trinajstić information content (AvgIpc) is 2.53. The summed E-state index contributed by atoms with van der Waals surface area (Å²) >= 11 is 0. The molecule has 0 atom stereocenters. The maximum atomic E-state index is 10.1. The summed E-state index contributed by atoms with van der Waals surface area (Å²) < 4.78 is 0. The van der Waals surface area contributed by atoms with Gasteiger partial charge in [0.1, 0.15) is 5.75 Å². The van der Waals surface area contributed by atoms with E-state index in [0.717, 1.165) is 18.4 Å². The quantitative estimate of drug-likeness (QED) is 0.235. The fourth-order valence-corrected chi connectivity index (χ4v) is 2.73. The summed E-state index contributed by atoms with van der Waals surface area (Å²) in [5, 5.41) is 22.6. The van der Waals surface area contributed by atoms with E-state index in [4.69, 9.17) is 0 Å². The third kappa shape index (κ3) is 6.50. The average molecular weight is 305 g/mol. The third-order valence-corrected chi connectivity index (χ3v) is 4.19. The molecule has 0 fully saturated rings. The van der Waals surface area contributed by atoms with E-state index in [1.165, 1.54) is 44.9 Å². The number of nitrogens with zero attached hydrogens (tertiary/aromatic N) is 1. The standard InChI is InChI=1S/C19H31NO2/c1-3-4-5-6-7-8-9-10-11-15-18(20-22)17-14-12-13-16(2)19(17)21/h12-14,21-22H,3-11,15H2,1-2H3. The molecule has 1 aromatic rings. The van der Waals surface area contributed by atoms with Crippen molar-refractivity contribution in [2.75, 3.05) is 0 Å². The predicted molar refractivity (Wildman–Crippen MR) is 93.0 cm³/mol. The van der Waals surface area contributed by atoms with Crippen LogP contribution in [0, 0.1) is 6.92 Å². The molecule has 22 heavy (non-hydrogen) atoms. The van der Waals surface area contributed by atoms with Gasteiger partial charge in [0.2, 0.25) is 0 Å². The lowest BCUT2D eigenvalue weighted by molar-refractivity contribution is 0.317. The molecule has 0 aliphatic rings. The molecule has 0 heterocycles. The Bertz CT molecular complexity index is 455. The molecule has 0 bridgehead atoms. The number of oxime groups is 1. The summed E-state index contributed by atoms with van der Waals surface area (Å²) in [4.78, 5) is 0. The predicted octanol–water partition coefficient (Wildman–Crippen LogP) is 5.80. The first-order valence-electron chi connectivity index (χ1n) is 8.70. The van der Waals surface area contributed by atoms with Crippen LogP contribution in [-0.4, -0.2) is 16.0 Å². The highest BCUT2D eigenvalue weighted by Crippen LogP contribution is 2.24. The second kappa shape index (κ2) is 11.1. The molecule has 3 nitrogen and oxygen atoms in total. The summed E-state index contributed by atoms with van der Waals surface area (Å²) in [7, 11) is 0. The van der Waals surface area contributed by atoms with Crippen molar-refractivity contribution in [3.63, 3.8) is 0 Å². The van der Waals surface area contributed by atoms with Gasteiger partial charge in [-0.3, -0.25) is 0 Å². The minimum absolute atomic E-state index is 0.228. The van der Waals surface area contributed by atoms with Crippen molar-refractivity contribution in [1.82, 2.24) is 0 Å². The molecule has 3 heteroatoms. The van der Waals surface area contributed by atoms with E-state index in [1.807, 2.05) is 25.1 Å². The Morgan fingerprint density at radius 2 is 1.55 bits per heavy atom. The number of rotatable bonds is 11. The van der Waals surface area contributed by atoms with Gasteiger partial charge in [0.15, 0.2) is 0 Å². The van der Waals surface area contributed by atoms with Crippen molar-refractivity contribution >= 4 is 5.71 Å². The van der Waals surface area contributed by atoms with Crippen LogP contribution in [0.25, 0.3) is 0 Å². The minimum atomic E-state index is 0.228. The van der Waals surface area contributed by atoms with E-state index >= 15 is 0 Å². The van der Waals surface area contributed by atoms with Gasteiger partial charge in [-0.25, -0.2) is 0 Å². The summed E-state index contributed by atoms with van der Waals surface area (Å²) in [5.74, 6) is 0.228. The Morgan fingerprint density at radius 1 is 0.955 bits per heavy atom. The van der Waals surface area contributed by atoms with E-state index in [0.29, 0.717) is 17.7 Å². The minimum Gasteiger partial charge on any atom is -0.507 e. The highest BCUT2D eigenvalue weighted by molar-refractivity contribution is 6.02. The molecule has 1 rings (SSSR count). The molecule has 0 unspecified atom stereocenters. The van der Waals surface area contributed by atoms with Crippen molar-refractivity contribution < 1.29 is 10.3 Å². The van der Waals surface area contributed by atoms with Gasteiger partial charge in [0.05, 0.1) is 5.71 Å². The van der Waals surface area contributed by atoms with Crippen LogP contribution < -0.4 is 0 Å². The normalized spacial score (nSPS) is 11.8. The number of aryl methyl sites for hydroxylation is 1. The molecule has 0 aliphatic heterocycles. The van der Waals surface area contributed by atoms with E-state index in [1.54, 1.807) is 0 Å². The molecule has 0 saturated heterocycles. The van der Waals surface area contributed by atoms with Crippen LogP contribution >= 0.6 is 0 Å². The lowest BCUT2D eigenvalue weighted by atomic mass is 10.00. The molecule has 124 valence electrons. The first-order chi connectivity index (χ1) is 10.7. The second-order valence-corrected chi connectivity index (χ2v) is 6.10. The van der Waals surface area contributed by atoms with E-state index in [-0.39, 0.29) is 5.75 Å². The van der Waals surface area contributed by atoms with Crippen LogP contribution in [-0.2, 0) is 0 Å². The Morgan fingerprint density at radius 3 is 2.14 bits per heavy atom. The SMILES string of the molecule is CCCCCCCCCCCC(=NO)c1cccc(C)c1O. The zero-order valence-corrected chi connectivity index (χ0v) is 14.1. The van der Waals surface area contributed by atoms with Crippen LogP contribution in [0.1, 0.15) is 82.3 Å². The van der Waals surface area contributed by atoms with Crippen molar-refractivity contribution in [3.8, 4) is 5.75 Å². The maximum Gasteiger partial charge on any atom is 0.127 e. The number of benzene rings is 1. The fourth-order valence-electron chi connectivity index (χ4n) is 2.73. The summed E-state index contributed by atoms with van der Waals surface area (Å²) in [6.45, 7) is 4.10. The number of phenolic OH excluding ortho intramolecular Hbond substituents is 1. The monoisotopic (exact) mass is 305 g/mol. The van der Waals surface area contributed by atoms with E-state index < -0.39 is 0 Å². The van der Waals surface area contributed by atoms with Crippen LogP contribution in [0.3, 0.4) is 0 Å². The zero-order valence-electron chi connectivity index (χ0n) is 14.1. The number of hydrogen-bond acceptors (Lipinski definition) is 3. The van der Waals surface area contributed by atoms with E-state index in [2.05, 4.69) is 12.1 Å². The molecule has 0 aliphatic carbocycles. The highest BCUT2D eigenvalue weighted by Gasteiger charge is 2.11. The van der Waals surface area contributed by atoms with Crippen LogP contribution in [0.4, 0.5) is 0 Å². The highest BCUT2D eigenvalue weighted by atomic mass is 16.4. The molecule has 2 N–H and O–H groups in total. The Kier molecular flexibility index (Phi) is 9.36. The molecule has 0 saturated carbocycles. The number of para-hydroxylation sites is 1. The molecule has 0 amide bonds. The maximum absolute atomic E-state index is 10.1. The van der Waals surface area contributed by atoms with Crippen molar-refractivity contribution in [2.24, 2.45) is 5.16 Å². The molecular formula is C19H31NO2. The lowest BCUT2D eigenvalue weighted by Crippen LogP contribution is -2.02. The van der Waals surface area contributed by atoms with Crippen LogP contribution in [0.15, 0.2) is 23.4 Å². The van der Waals surface area contributed by atoms with Gasteiger partial charge in [-0.15, -0.1) is 0 Å². The van der Waals surface area contributed by atoms with Crippen molar-refractivity contribution in [2.45, 2.75) is 78.1 Å². The molecule has 0 radical (unpaired) electrons. The fraction of sp³-hybridized carbons (Fsp3) is 0.632. The first-order valence-corrected chi connectivity index (χ1v) is 8.70. The number of aromatic hydroxyl groups is 1. The molecular weight excluding hydrogens is 274 g/mol. The van der Waals surface area contributed by atoms with Gasteiger partial charge in [-0.2, -0.15) is 0 Å². The molecule has 0 aromatic heterocycles. The number of hydrogen-bond donors (Lipinski definition) is 2. The number of phenols is 1. The van der Waals surface area contributed by atoms with Crippen molar-refractivity contribution in [1.29, 1.82) is 0 Å². The summed E-state index contributed by atoms with van der Waals surface area (Å²) in [5.41, 5.74) is 2.05. The van der Waals surface area contributed by atoms with Crippen molar-refractivity contribution in [3.05, 3.63) is 29.3 Å². The Hall–Kier alpha value is -1.51. The Balaban J connectivity index is 2.24. The van der Waals surface area contributed by atoms with Gasteiger partial charge in [0, 0.05) is 5.56 Å². The smallest absolute Gasteiger partial charge is 0.127 e. The summed E-state index contributed by atoms with van der Waals surface area (Å²) in [6, 6.07) is 5.54. The number of unbranched alkanes of at least 4 members (excludes halogenated alkanes) is 8. The zero-order chi connectivity index (χ0) is 16.2. The van der Waals surface area contributed by atoms with E-state index in [9.17, 15) is 10.3 Å². The van der Waals surface area contributed by atoms with Crippen LogP contribution in [0.5, 0.6) is 5.75 Å². The van der Waals surface area contributed by atoms with Gasteiger partial charge in [-0.05, 0) is 31.4 Å². The van der Waals surface area contributed by atoms with Gasteiger partial charge in [0.25, 0.3) is 0 Å². The lowest BCUT2D eigenvalue weighted by Gasteiger charge is -2.09. The second-order valence-electron chi connectivity index (χ2n) is 6.10. The largest absolute Gasteiger partial charge is 0.507 e. The first kappa shape index (κ1) is 18.5. The van der Waals surface area contributed by atoms with Gasteiger partial charge >= 0.3 is 0 Å². The summed E-state index contributed by atoms with van der Waals surface area (Å²) in [6.07, 6.45) is 12.1. The molecule has 0 spiro atoms. The topological polar surface area (TPSA) is 52.8 Å². The van der Waals surface area contributed by atoms with Gasteiger partial charge < -0.3 is 10.3 Å². The van der Waals surface area contributed by atoms with Crippen LogP contribution in [0.2, 0.25) is 0 Å². The Labute approximate surface area is 135 Å². The molecule has 1 aromatic carbocycles. The van der Waals surface area contributed by atoms with Gasteiger partial charge in [-0.1, -0.05) is 75.6 Å².